The number of hydrogen-bond acceptors (Lipinski definition) is 15. The molecule has 2 amide bonds. The molecule has 12 bridgehead atoms. The Morgan fingerprint density at radius 2 is 1.70 bits per heavy atom. The number of amides is 2. The Morgan fingerprint density at radius 1 is 0.838 bits per heavy atom. The van der Waals surface area contributed by atoms with Crippen LogP contribution < -0.4 is 16.0 Å². The number of aliphatic hydroxyl groups is 3. The number of aliphatic hydroxyl groups excluding tert-OH is 3. The SMILES string of the molecule is CCC1(C2=C3OC(=O)C4=C3[C@@H](CC2)C[C@H]2[C@@H]3CC[C@@]5(C6=C3[C@H](CN3C(=O)C=CC3=O)C3=CCNC7=C3C=C[C@@H](N7)SS[C@H](N[C@@H]3CC[C@@H]7CCC[C@@H](Cc8cnc[nH]8)[C@@H]7[C@H]3O)[C@@H]([C@H]3[C@@H]7C[C@H]8C[C@@H](CO)C[C@H]([C@H](O)Cc9ccccc9)C#C[C@@H]7C=C[C@@H]3C8)C/C=C\5OC6=O)[C@@H]42)CCCC1. The number of esters is 2. The molecule has 11 aliphatic carbocycles. The largest absolute Gasteiger partial charge is 0.427 e. The molecule has 0 unspecified atom stereocenters. The predicted octanol–water partition coefficient (Wildman–Crippen LogP) is 11.9. The van der Waals surface area contributed by atoms with Crippen LogP contribution in [-0.4, -0.2) is 103 Å². The van der Waals surface area contributed by atoms with E-state index in [0.717, 1.165) is 166 Å². The number of aromatic amines is 1. The highest BCUT2D eigenvalue weighted by Crippen LogP contribution is 2.74. The molecular weight excluding hydrogens is 1280 g/mol. The summed E-state index contributed by atoms with van der Waals surface area (Å²) < 4.78 is 14.1. The number of benzene rings is 1. The molecule has 7 N–H and O–H groups in total. The average molecular weight is 1370 g/mol. The fourth-order valence-electron chi connectivity index (χ4n) is 24.2. The molecule has 0 radical (unpaired) electrons. The summed E-state index contributed by atoms with van der Waals surface area (Å²) in [6, 6.07) is 9.96. The van der Waals surface area contributed by atoms with Crippen LogP contribution in [0.15, 0.2) is 148 Å². The topological polar surface area (TPSA) is 215 Å². The van der Waals surface area contributed by atoms with Crippen molar-refractivity contribution in [2.45, 2.75) is 177 Å². The van der Waals surface area contributed by atoms with E-state index in [4.69, 9.17) is 9.47 Å². The van der Waals surface area contributed by atoms with Crippen molar-refractivity contribution in [3.05, 3.63) is 159 Å². The van der Waals surface area contributed by atoms with Gasteiger partial charge in [0.05, 0.1) is 34.9 Å². The maximum absolute atomic E-state index is 16.3. The van der Waals surface area contributed by atoms with Crippen molar-refractivity contribution in [3.63, 3.8) is 0 Å². The fourth-order valence-corrected chi connectivity index (χ4v) is 27.0. The average Bonchev–Trinajstić information content (AvgIpc) is 1.58. The van der Waals surface area contributed by atoms with Gasteiger partial charge in [0, 0.05) is 90.2 Å². The van der Waals surface area contributed by atoms with Crippen LogP contribution in [0, 0.1) is 117 Å². The molecule has 520 valence electrons. The minimum absolute atomic E-state index is 0.00325. The molecule has 15 nitrogen and oxygen atoms in total. The number of imide groups is 1. The van der Waals surface area contributed by atoms with Crippen molar-refractivity contribution >= 4 is 45.3 Å². The van der Waals surface area contributed by atoms with Crippen LogP contribution in [0.4, 0.5) is 0 Å². The van der Waals surface area contributed by atoms with Crippen molar-refractivity contribution in [1.82, 2.24) is 30.8 Å². The van der Waals surface area contributed by atoms with E-state index in [0.29, 0.717) is 61.3 Å². The van der Waals surface area contributed by atoms with Crippen LogP contribution in [-0.2, 0) is 41.5 Å². The number of fused-ring (bicyclic) bond motifs is 10. The summed E-state index contributed by atoms with van der Waals surface area (Å²) in [5.74, 6) is 8.39. The Hall–Kier alpha value is -6.13. The molecule has 22 atom stereocenters. The van der Waals surface area contributed by atoms with Crippen molar-refractivity contribution in [3.8, 4) is 11.8 Å². The van der Waals surface area contributed by atoms with Gasteiger partial charge in [-0.05, 0) is 220 Å². The molecule has 18 aliphatic rings. The predicted molar refractivity (Wildman–Crippen MR) is 379 cm³/mol. The number of aromatic nitrogens is 2. The summed E-state index contributed by atoms with van der Waals surface area (Å²) in [7, 11) is 3.65. The first-order valence-electron chi connectivity index (χ1n) is 38.2. The van der Waals surface area contributed by atoms with Gasteiger partial charge in [-0.25, -0.2) is 14.6 Å². The Labute approximate surface area is 590 Å². The number of ether oxygens (including phenoxy) is 2. The third-order valence-electron chi connectivity index (χ3n) is 28.3. The summed E-state index contributed by atoms with van der Waals surface area (Å²) in [5, 5.41) is 48.4. The highest BCUT2D eigenvalue weighted by atomic mass is 33.1. The molecular formula is C82H96N6O9S2. The highest BCUT2D eigenvalue weighted by molar-refractivity contribution is 8.77. The van der Waals surface area contributed by atoms with Crippen molar-refractivity contribution in [1.29, 1.82) is 0 Å². The van der Waals surface area contributed by atoms with E-state index in [9.17, 15) is 24.9 Å². The Bertz CT molecular complexity index is 3960. The van der Waals surface area contributed by atoms with E-state index in [2.05, 4.69) is 93.3 Å². The van der Waals surface area contributed by atoms with Crippen LogP contribution in [0.25, 0.3) is 0 Å². The number of dihydropyridines is 2. The van der Waals surface area contributed by atoms with Gasteiger partial charge < -0.3 is 40.4 Å². The number of rotatable bonds is 13. The van der Waals surface area contributed by atoms with Crippen LogP contribution in [0.5, 0.6) is 0 Å². The van der Waals surface area contributed by atoms with Crippen molar-refractivity contribution in [2.75, 3.05) is 19.7 Å². The van der Waals surface area contributed by atoms with Gasteiger partial charge in [0.2, 0.25) is 0 Å². The molecule has 1 saturated heterocycles. The minimum Gasteiger partial charge on any atom is -0.427 e. The van der Waals surface area contributed by atoms with Crippen LogP contribution in [0.3, 0.4) is 0 Å². The molecule has 1 aromatic heterocycles. The summed E-state index contributed by atoms with van der Waals surface area (Å²) >= 11 is 0. The minimum atomic E-state index is -1.06. The maximum Gasteiger partial charge on any atom is 0.340 e. The molecule has 6 fully saturated rings. The first-order chi connectivity index (χ1) is 48.4. The number of imidazole rings is 1. The lowest BCUT2D eigenvalue weighted by Gasteiger charge is -2.58. The van der Waals surface area contributed by atoms with Gasteiger partial charge in [-0.15, -0.1) is 0 Å². The number of nitrogens with zero attached hydrogens (tertiary/aromatic N) is 2. The first-order valence-corrected chi connectivity index (χ1v) is 40.4. The summed E-state index contributed by atoms with van der Waals surface area (Å²) in [6.45, 7) is 2.89. The van der Waals surface area contributed by atoms with E-state index in [1.54, 1.807) is 17.1 Å². The molecule has 2 aromatic rings. The number of nitrogens with one attached hydrogen (secondary N) is 4. The number of carbonyl (C=O) groups excluding carboxylic acids is 4. The molecule has 5 saturated carbocycles. The lowest BCUT2D eigenvalue weighted by Crippen LogP contribution is -2.57. The van der Waals surface area contributed by atoms with E-state index < -0.39 is 35.4 Å². The van der Waals surface area contributed by atoms with E-state index in [-0.39, 0.29) is 118 Å². The van der Waals surface area contributed by atoms with Crippen molar-refractivity contribution in [2.24, 2.45) is 106 Å². The van der Waals surface area contributed by atoms with Crippen LogP contribution in [0.2, 0.25) is 0 Å². The Morgan fingerprint density at radius 3 is 2.52 bits per heavy atom. The van der Waals surface area contributed by atoms with Gasteiger partial charge >= 0.3 is 11.9 Å². The monoisotopic (exact) mass is 1370 g/mol. The van der Waals surface area contributed by atoms with Crippen LogP contribution >= 0.6 is 21.6 Å². The second-order valence-corrected chi connectivity index (χ2v) is 35.4. The first kappa shape index (κ1) is 64.9. The zero-order chi connectivity index (χ0) is 67.0. The smallest absolute Gasteiger partial charge is 0.340 e. The molecule has 1 spiro atoms. The lowest BCUT2D eigenvalue weighted by molar-refractivity contribution is -0.138. The summed E-state index contributed by atoms with van der Waals surface area (Å²) in [5.41, 5.74) is 7.75. The third kappa shape index (κ3) is 10.9. The number of H-pyrrole nitrogens is 1. The number of allylic oxidation sites excluding steroid dienone is 8. The van der Waals surface area contributed by atoms with E-state index in [1.165, 1.54) is 22.6 Å². The highest BCUT2D eigenvalue weighted by Gasteiger charge is 2.71. The molecule has 99 heavy (non-hydrogen) atoms. The number of hydrogen-bond donors (Lipinski definition) is 7. The second kappa shape index (κ2) is 26.0. The van der Waals surface area contributed by atoms with Gasteiger partial charge in [-0.3, -0.25) is 19.8 Å². The van der Waals surface area contributed by atoms with E-state index in [1.807, 2.05) is 35.2 Å². The number of carbonyl (C=O) groups is 4. The quantitative estimate of drug-likeness (QED) is 0.0326. The van der Waals surface area contributed by atoms with Gasteiger partial charge in [0.1, 0.15) is 22.7 Å². The van der Waals surface area contributed by atoms with Gasteiger partial charge in [0.15, 0.2) is 0 Å². The zero-order valence-corrected chi connectivity index (χ0v) is 58.6. The Kier molecular flexibility index (Phi) is 17.0. The van der Waals surface area contributed by atoms with Gasteiger partial charge in [-0.1, -0.05) is 127 Å². The van der Waals surface area contributed by atoms with Crippen molar-refractivity contribution < 1.29 is 44.0 Å². The maximum atomic E-state index is 16.3. The molecule has 8 heterocycles. The molecule has 17 heteroatoms. The fraction of sp³-hybridized carbons (Fsp3) is 0.598. The molecule has 7 aliphatic heterocycles. The second-order valence-electron chi connectivity index (χ2n) is 32.8. The Balaban J connectivity index is 0.813. The van der Waals surface area contributed by atoms with Gasteiger partial charge in [0.25, 0.3) is 11.8 Å². The summed E-state index contributed by atoms with van der Waals surface area (Å²) in [6.07, 6.45) is 38.9. The standard InChI is InChI=1S/C82H96N6O9S2/c1-2-81(29-6-7-30-81)61-21-17-52-39-59-55-27-31-82(73(59)72-70(52)76(61)97-79(72)94)64-23-19-57(69-51-16-14-47-13-15-49(63(90)37-44-9-4-3-5-10-44)35-46(42-89)33-45(34-51)36-58(47)69)78(86-62-22-18-48-11-8-12-50(68(48)75(62)93)38-53-40-83-43-85-53)99-98-65-24-20-56-54(28-32-84-77(56)87-65)60(71(55)74(82)80(95)96-64)41-88-66(91)25-26-67(88)92/h3-5,9-10,14,16,20,23-26,28,40,43,45-52,55,57-60,62-63,65,68-69,73,75,78,84,86-87,89-90,93H,2,6-8,11-12,17-19,21-22,27,29-39,41-42H2,1H3,(H,83,85)/b64-23+/t45-,46+,47+,48-,49+,50-,51+,52-,55-,57+,58+,59-,60+,62+,63+,65-,68+,69-,73+,75-,78-,82-/m0/s1. The third-order valence-corrected chi connectivity index (χ3v) is 31.2. The van der Waals surface area contributed by atoms with Gasteiger partial charge in [-0.2, -0.15) is 0 Å². The normalized spacial score (nSPS) is 40.7. The summed E-state index contributed by atoms with van der Waals surface area (Å²) in [4.78, 5) is 69.3. The zero-order valence-electron chi connectivity index (χ0n) is 57.0. The lowest BCUT2D eigenvalue weighted by atomic mass is 9.42. The van der Waals surface area contributed by atoms with Crippen LogP contribution in [0.1, 0.15) is 147 Å². The molecule has 1 aromatic carbocycles. The van der Waals surface area contributed by atoms with E-state index >= 15 is 9.59 Å². The molecule has 20 rings (SSSR count).